The van der Waals surface area contributed by atoms with Gasteiger partial charge in [0, 0.05) is 5.92 Å². The van der Waals surface area contributed by atoms with Gasteiger partial charge in [-0.3, -0.25) is 4.79 Å². The number of benzene rings is 1. The van der Waals surface area contributed by atoms with Crippen LogP contribution in [-0.4, -0.2) is 17.0 Å². The molecule has 1 amide bonds. The maximum atomic E-state index is 13.5. The molecule has 0 radical (unpaired) electrons. The molecule has 1 aromatic rings. The van der Waals surface area contributed by atoms with Gasteiger partial charge in [0.2, 0.25) is 5.91 Å². The Morgan fingerprint density at radius 3 is 2.39 bits per heavy atom. The molecule has 0 heterocycles. The Morgan fingerprint density at radius 2 is 1.89 bits per heavy atom. The number of carboxylic acid groups (broad SMARTS) is 1. The lowest BCUT2D eigenvalue weighted by Gasteiger charge is -2.15. The summed E-state index contributed by atoms with van der Waals surface area (Å²) >= 11 is 0. The van der Waals surface area contributed by atoms with Crippen molar-refractivity contribution in [3.63, 3.8) is 0 Å². The van der Waals surface area contributed by atoms with Gasteiger partial charge in [0.1, 0.15) is 5.82 Å². The van der Waals surface area contributed by atoms with Crippen molar-refractivity contribution in [2.24, 2.45) is 11.8 Å². The number of hydrogen-bond acceptors (Lipinski definition) is 2. The molecule has 1 unspecified atom stereocenters. The van der Waals surface area contributed by atoms with E-state index in [0.29, 0.717) is 0 Å². The first-order valence-corrected chi connectivity index (χ1v) is 5.66. The quantitative estimate of drug-likeness (QED) is 0.867. The van der Waals surface area contributed by atoms with Gasteiger partial charge in [-0.1, -0.05) is 20.8 Å². The minimum Gasteiger partial charge on any atom is -0.478 e. The predicted molar refractivity (Wildman–Crippen MR) is 66.0 cm³/mol. The summed E-state index contributed by atoms with van der Waals surface area (Å²) in [5, 5.41) is 11.2. The van der Waals surface area contributed by atoms with Gasteiger partial charge in [-0.2, -0.15) is 0 Å². The lowest BCUT2D eigenvalue weighted by Crippen LogP contribution is -2.24. The van der Waals surface area contributed by atoms with Gasteiger partial charge < -0.3 is 10.4 Å². The van der Waals surface area contributed by atoms with Gasteiger partial charge in [-0.25, -0.2) is 9.18 Å². The summed E-state index contributed by atoms with van der Waals surface area (Å²) < 4.78 is 13.5. The van der Waals surface area contributed by atoms with Crippen LogP contribution in [0.15, 0.2) is 18.2 Å². The second-order valence-electron chi connectivity index (χ2n) is 4.52. The fourth-order valence-electron chi connectivity index (χ4n) is 1.30. The van der Waals surface area contributed by atoms with Gasteiger partial charge in [0.25, 0.3) is 0 Å². The molecule has 4 nitrogen and oxygen atoms in total. The lowest BCUT2D eigenvalue weighted by atomic mass is 9.97. The third kappa shape index (κ3) is 3.29. The van der Waals surface area contributed by atoms with Gasteiger partial charge in [0.05, 0.1) is 11.3 Å². The summed E-state index contributed by atoms with van der Waals surface area (Å²) in [5.74, 6) is -2.30. The van der Waals surface area contributed by atoms with Crippen LogP contribution in [0.3, 0.4) is 0 Å². The molecular weight excluding hydrogens is 237 g/mol. The zero-order chi connectivity index (χ0) is 13.9. The van der Waals surface area contributed by atoms with Crippen LogP contribution in [-0.2, 0) is 4.79 Å². The number of nitrogens with one attached hydrogen (secondary N) is 1. The van der Waals surface area contributed by atoms with Crippen molar-refractivity contribution >= 4 is 17.6 Å². The summed E-state index contributed by atoms with van der Waals surface area (Å²) in [6, 6.07) is 3.29. The van der Waals surface area contributed by atoms with E-state index >= 15 is 0 Å². The Hall–Kier alpha value is -1.91. The fourth-order valence-corrected chi connectivity index (χ4v) is 1.30. The minimum absolute atomic E-state index is 0.0658. The molecule has 18 heavy (non-hydrogen) atoms. The number of carbonyl (C=O) groups is 2. The molecule has 1 atom stereocenters. The lowest BCUT2D eigenvalue weighted by molar-refractivity contribution is -0.120. The van der Waals surface area contributed by atoms with E-state index in [4.69, 9.17) is 5.11 Å². The van der Waals surface area contributed by atoms with Crippen molar-refractivity contribution in [3.8, 4) is 0 Å². The number of rotatable bonds is 4. The number of amides is 1. The van der Waals surface area contributed by atoms with E-state index in [2.05, 4.69) is 5.32 Å². The minimum atomic E-state index is -1.16. The second-order valence-corrected chi connectivity index (χ2v) is 4.52. The Labute approximate surface area is 105 Å². The summed E-state index contributed by atoms with van der Waals surface area (Å²) in [5.41, 5.74) is -0.170. The maximum absolute atomic E-state index is 13.5. The molecule has 0 saturated carbocycles. The first-order chi connectivity index (χ1) is 8.32. The summed E-state index contributed by atoms with van der Waals surface area (Å²) in [6.07, 6.45) is 0. The molecule has 0 aliphatic carbocycles. The van der Waals surface area contributed by atoms with Crippen molar-refractivity contribution < 1.29 is 19.1 Å². The van der Waals surface area contributed by atoms with Crippen LogP contribution in [0.4, 0.5) is 10.1 Å². The zero-order valence-electron chi connectivity index (χ0n) is 10.5. The molecular formula is C13H16FNO3. The molecule has 0 spiro atoms. The van der Waals surface area contributed by atoms with Gasteiger partial charge in [0.15, 0.2) is 0 Å². The first-order valence-electron chi connectivity index (χ1n) is 5.66. The molecule has 0 aromatic heterocycles. The SMILES string of the molecule is CC(C)C(C)C(=O)Nc1cc(C(=O)O)ccc1F. The van der Waals surface area contributed by atoms with E-state index in [1.54, 1.807) is 6.92 Å². The van der Waals surface area contributed by atoms with E-state index in [1.165, 1.54) is 0 Å². The van der Waals surface area contributed by atoms with Crippen molar-refractivity contribution in [1.82, 2.24) is 0 Å². The molecule has 0 fully saturated rings. The largest absolute Gasteiger partial charge is 0.478 e. The van der Waals surface area contributed by atoms with E-state index < -0.39 is 11.8 Å². The fraction of sp³-hybridized carbons (Fsp3) is 0.385. The molecule has 1 rings (SSSR count). The molecule has 0 aliphatic rings. The molecule has 2 N–H and O–H groups in total. The van der Waals surface area contributed by atoms with E-state index in [1.807, 2.05) is 13.8 Å². The second kappa shape index (κ2) is 5.62. The average molecular weight is 253 g/mol. The third-order valence-electron chi connectivity index (χ3n) is 2.88. The number of carbonyl (C=O) groups excluding carboxylic acids is 1. The average Bonchev–Trinajstić information content (AvgIpc) is 2.30. The van der Waals surface area contributed by atoms with Crippen molar-refractivity contribution in [2.45, 2.75) is 20.8 Å². The smallest absolute Gasteiger partial charge is 0.335 e. The van der Waals surface area contributed by atoms with Crippen LogP contribution in [0.25, 0.3) is 0 Å². The normalized spacial score (nSPS) is 12.3. The molecule has 98 valence electrons. The van der Waals surface area contributed by atoms with Crippen LogP contribution in [0.5, 0.6) is 0 Å². The van der Waals surface area contributed by atoms with Crippen LogP contribution in [0.2, 0.25) is 0 Å². The zero-order valence-corrected chi connectivity index (χ0v) is 10.5. The highest BCUT2D eigenvalue weighted by Crippen LogP contribution is 2.19. The predicted octanol–water partition coefficient (Wildman–Crippen LogP) is 2.75. The topological polar surface area (TPSA) is 66.4 Å². The molecule has 0 bridgehead atoms. The molecule has 1 aromatic carbocycles. The van der Waals surface area contributed by atoms with Crippen molar-refractivity contribution in [2.75, 3.05) is 5.32 Å². The van der Waals surface area contributed by atoms with Crippen LogP contribution < -0.4 is 5.32 Å². The Kier molecular flexibility index (Phi) is 4.42. The molecule has 5 heteroatoms. The number of aromatic carboxylic acids is 1. The van der Waals surface area contributed by atoms with Gasteiger partial charge >= 0.3 is 5.97 Å². The Morgan fingerprint density at radius 1 is 1.28 bits per heavy atom. The van der Waals surface area contributed by atoms with Crippen molar-refractivity contribution in [1.29, 1.82) is 0 Å². The maximum Gasteiger partial charge on any atom is 0.335 e. The van der Waals surface area contributed by atoms with Crippen LogP contribution >= 0.6 is 0 Å². The number of anilines is 1. The van der Waals surface area contributed by atoms with Gasteiger partial charge in [-0.05, 0) is 24.1 Å². The number of halogens is 1. The van der Waals surface area contributed by atoms with Crippen LogP contribution in [0.1, 0.15) is 31.1 Å². The highest BCUT2D eigenvalue weighted by atomic mass is 19.1. The standard InChI is InChI=1S/C13H16FNO3/c1-7(2)8(3)12(16)15-11-6-9(13(17)18)4-5-10(11)14/h4-8H,1-3H3,(H,15,16)(H,17,18). The highest BCUT2D eigenvalue weighted by Gasteiger charge is 2.18. The Balaban J connectivity index is 2.93. The van der Waals surface area contributed by atoms with E-state index in [-0.39, 0.29) is 29.0 Å². The molecule has 0 aliphatic heterocycles. The number of hydrogen-bond donors (Lipinski definition) is 2. The monoisotopic (exact) mass is 253 g/mol. The highest BCUT2D eigenvalue weighted by molar-refractivity contribution is 5.95. The third-order valence-corrected chi connectivity index (χ3v) is 2.88. The van der Waals surface area contributed by atoms with E-state index in [9.17, 15) is 14.0 Å². The Bertz CT molecular complexity index is 471. The summed E-state index contributed by atoms with van der Waals surface area (Å²) in [7, 11) is 0. The van der Waals surface area contributed by atoms with Crippen molar-refractivity contribution in [3.05, 3.63) is 29.6 Å². The van der Waals surface area contributed by atoms with Gasteiger partial charge in [-0.15, -0.1) is 0 Å². The van der Waals surface area contributed by atoms with Crippen LogP contribution in [0, 0.1) is 17.7 Å². The first kappa shape index (κ1) is 14.2. The molecule has 0 saturated heterocycles. The number of carboxylic acids is 1. The summed E-state index contributed by atoms with van der Waals surface area (Å²) in [6.45, 7) is 5.50. The summed E-state index contributed by atoms with van der Waals surface area (Å²) in [4.78, 5) is 22.5. The van der Waals surface area contributed by atoms with E-state index in [0.717, 1.165) is 18.2 Å².